The molecule has 2 rings (SSSR count). The van der Waals surface area contributed by atoms with Gasteiger partial charge in [-0.3, -0.25) is 4.57 Å². The van der Waals surface area contributed by atoms with Crippen molar-refractivity contribution in [3.05, 3.63) is 42.5 Å². The molecule has 0 aliphatic heterocycles. The Morgan fingerprint density at radius 3 is 2.18 bits per heavy atom. The first-order valence-corrected chi connectivity index (χ1v) is 10.4. The monoisotopic (exact) mass is 342 g/mol. The summed E-state index contributed by atoms with van der Waals surface area (Å²) in [7, 11) is -7.47. The molecule has 0 fully saturated rings. The van der Waals surface area contributed by atoms with E-state index in [0.717, 1.165) is 5.39 Å². The van der Waals surface area contributed by atoms with Crippen LogP contribution in [0.1, 0.15) is 13.8 Å². The largest absolute Gasteiger partial charge is 0.346 e. The molecule has 0 N–H and O–H groups in total. The lowest BCUT2D eigenvalue weighted by Gasteiger charge is -2.17. The predicted octanol–water partition coefficient (Wildman–Crippen LogP) is 3.84. The minimum absolute atomic E-state index is 0.127. The Morgan fingerprint density at radius 2 is 1.55 bits per heavy atom. The Kier molecular flexibility index (Phi) is 5.40. The van der Waals surface area contributed by atoms with Gasteiger partial charge in [0.05, 0.1) is 18.1 Å². The van der Waals surface area contributed by atoms with Crippen molar-refractivity contribution in [3.63, 3.8) is 0 Å². The predicted molar refractivity (Wildman–Crippen MR) is 86.9 cm³/mol. The van der Waals surface area contributed by atoms with Crippen LogP contribution in [-0.2, 0) is 23.4 Å². The highest BCUT2D eigenvalue weighted by Crippen LogP contribution is 2.50. The minimum Gasteiger partial charge on any atom is -0.308 e. The molecular formula is C15H19O5PS. The molecule has 2 aromatic carbocycles. The molecule has 0 spiro atoms. The van der Waals surface area contributed by atoms with Crippen LogP contribution in [0, 0.1) is 0 Å². The Bertz CT molecular complexity index is 785. The molecule has 7 heteroatoms. The van der Waals surface area contributed by atoms with Crippen LogP contribution in [0.5, 0.6) is 0 Å². The van der Waals surface area contributed by atoms with Crippen LogP contribution in [0.25, 0.3) is 10.8 Å². The smallest absolute Gasteiger partial charge is 0.308 e. The fourth-order valence-corrected chi connectivity index (χ4v) is 6.74. The molecule has 0 heterocycles. The first-order chi connectivity index (χ1) is 10.4. The molecule has 0 aliphatic rings. The number of sulfone groups is 1. The summed E-state index contributed by atoms with van der Waals surface area (Å²) in [6.07, 6.45) is 0. The summed E-state index contributed by atoms with van der Waals surface area (Å²) in [5, 5.41) is 1.41. The second-order valence-corrected chi connectivity index (χ2v) is 9.11. The topological polar surface area (TPSA) is 69.7 Å². The second-order valence-electron chi connectivity index (χ2n) is 4.67. The van der Waals surface area contributed by atoms with Gasteiger partial charge in [-0.15, -0.1) is 0 Å². The lowest BCUT2D eigenvalue weighted by atomic mass is 10.1. The molecule has 0 aliphatic carbocycles. The molecule has 0 atom stereocenters. The highest BCUT2D eigenvalue weighted by molar-refractivity contribution is 7.97. The van der Waals surface area contributed by atoms with Gasteiger partial charge in [-0.25, -0.2) is 8.42 Å². The van der Waals surface area contributed by atoms with Crippen molar-refractivity contribution >= 4 is 28.2 Å². The quantitative estimate of drug-likeness (QED) is 0.715. The van der Waals surface area contributed by atoms with Crippen molar-refractivity contribution in [1.29, 1.82) is 0 Å². The van der Waals surface area contributed by atoms with Crippen molar-refractivity contribution < 1.29 is 22.0 Å². The van der Waals surface area contributed by atoms with Crippen LogP contribution < -0.4 is 0 Å². The molecule has 0 bridgehead atoms. The van der Waals surface area contributed by atoms with E-state index in [1.807, 2.05) is 18.2 Å². The average Bonchev–Trinajstić information content (AvgIpc) is 2.46. The molecule has 5 nitrogen and oxygen atoms in total. The van der Waals surface area contributed by atoms with Crippen LogP contribution in [0.2, 0.25) is 0 Å². The van der Waals surface area contributed by atoms with Gasteiger partial charge in [-0.05, 0) is 25.3 Å². The zero-order valence-corrected chi connectivity index (χ0v) is 14.3. The SMILES string of the molecule is CCOP(=O)(CS(=O)(=O)c1cccc2ccccc12)OCC. The minimum atomic E-state index is -3.80. The highest BCUT2D eigenvalue weighted by atomic mass is 32.2. The summed E-state index contributed by atoms with van der Waals surface area (Å²) in [6, 6.07) is 12.2. The van der Waals surface area contributed by atoms with Crippen LogP contribution in [-0.4, -0.2) is 27.1 Å². The normalized spacial score (nSPS) is 12.6. The fraction of sp³-hybridized carbons (Fsp3) is 0.333. The lowest BCUT2D eigenvalue weighted by Crippen LogP contribution is -2.11. The molecule has 0 amide bonds. The summed E-state index contributed by atoms with van der Waals surface area (Å²) in [6.45, 7) is 3.55. The number of hydrogen-bond donors (Lipinski definition) is 0. The Labute approximate surface area is 130 Å². The zero-order chi connectivity index (χ0) is 16.2. The maximum absolute atomic E-state index is 12.7. The van der Waals surface area contributed by atoms with Gasteiger partial charge in [0.15, 0.2) is 15.3 Å². The number of benzene rings is 2. The van der Waals surface area contributed by atoms with Gasteiger partial charge < -0.3 is 9.05 Å². The standard InChI is InChI=1S/C15H19O5PS/c1-3-19-21(16,20-4-2)12-22(17,18)15-11-7-9-13-8-5-6-10-14(13)15/h5-11H,3-4,12H2,1-2H3. The third-order valence-corrected chi connectivity index (χ3v) is 8.02. The number of fused-ring (bicyclic) bond motifs is 1. The van der Waals surface area contributed by atoms with Gasteiger partial charge >= 0.3 is 7.60 Å². The maximum Gasteiger partial charge on any atom is 0.346 e. The molecule has 0 saturated heterocycles. The first-order valence-electron chi connectivity index (χ1n) is 7.00. The highest BCUT2D eigenvalue weighted by Gasteiger charge is 2.33. The third-order valence-electron chi connectivity index (χ3n) is 3.06. The van der Waals surface area contributed by atoms with E-state index in [2.05, 4.69) is 0 Å². The van der Waals surface area contributed by atoms with Crippen molar-refractivity contribution in [2.45, 2.75) is 18.7 Å². The van der Waals surface area contributed by atoms with Crippen molar-refractivity contribution in [2.75, 3.05) is 18.7 Å². The summed E-state index contributed by atoms with van der Waals surface area (Å²) in [4.78, 5) is 0.144. The summed E-state index contributed by atoms with van der Waals surface area (Å²) in [5.74, 6) is 0. The van der Waals surface area contributed by atoms with E-state index in [9.17, 15) is 13.0 Å². The van der Waals surface area contributed by atoms with E-state index in [-0.39, 0.29) is 18.1 Å². The van der Waals surface area contributed by atoms with E-state index in [0.29, 0.717) is 5.39 Å². The molecule has 0 radical (unpaired) electrons. The summed E-state index contributed by atoms with van der Waals surface area (Å²) >= 11 is 0. The summed E-state index contributed by atoms with van der Waals surface area (Å²) in [5.41, 5.74) is -0.657. The van der Waals surface area contributed by atoms with Gasteiger partial charge in [0, 0.05) is 5.39 Å². The van der Waals surface area contributed by atoms with Crippen LogP contribution in [0.3, 0.4) is 0 Å². The molecule has 120 valence electrons. The number of hydrogen-bond acceptors (Lipinski definition) is 5. The lowest BCUT2D eigenvalue weighted by molar-refractivity contribution is 0.224. The molecule has 0 unspecified atom stereocenters. The van der Waals surface area contributed by atoms with Crippen molar-refractivity contribution in [3.8, 4) is 0 Å². The van der Waals surface area contributed by atoms with Gasteiger partial charge in [0.25, 0.3) is 0 Å². The zero-order valence-electron chi connectivity index (χ0n) is 12.6. The average molecular weight is 342 g/mol. The van der Waals surface area contributed by atoms with Gasteiger partial charge in [-0.1, -0.05) is 36.4 Å². The van der Waals surface area contributed by atoms with Gasteiger partial charge in [-0.2, -0.15) is 0 Å². The summed E-state index contributed by atoms with van der Waals surface area (Å²) < 4.78 is 48.1. The van der Waals surface area contributed by atoms with Crippen LogP contribution in [0.15, 0.2) is 47.4 Å². The molecule has 2 aromatic rings. The second kappa shape index (κ2) is 6.92. The number of rotatable bonds is 7. The Balaban J connectivity index is 2.47. The van der Waals surface area contributed by atoms with Gasteiger partial charge in [0.1, 0.15) is 0 Å². The van der Waals surface area contributed by atoms with Crippen LogP contribution in [0.4, 0.5) is 0 Å². The molecule has 0 aromatic heterocycles. The van der Waals surface area contributed by atoms with Crippen molar-refractivity contribution in [2.24, 2.45) is 0 Å². The van der Waals surface area contributed by atoms with Crippen molar-refractivity contribution in [1.82, 2.24) is 0 Å². The Hall–Kier alpha value is -1.20. The molecule has 22 heavy (non-hydrogen) atoms. The third kappa shape index (κ3) is 3.76. The van der Waals surface area contributed by atoms with E-state index in [1.54, 1.807) is 32.0 Å². The maximum atomic E-state index is 12.7. The van der Waals surface area contributed by atoms with E-state index >= 15 is 0 Å². The first kappa shape index (κ1) is 17.2. The van der Waals surface area contributed by atoms with Gasteiger partial charge in [0.2, 0.25) is 0 Å². The Morgan fingerprint density at radius 1 is 0.955 bits per heavy atom. The van der Waals surface area contributed by atoms with Crippen LogP contribution >= 0.6 is 7.60 Å². The van der Waals surface area contributed by atoms with E-state index in [4.69, 9.17) is 9.05 Å². The fourth-order valence-electron chi connectivity index (χ4n) is 2.25. The molecular weight excluding hydrogens is 323 g/mol. The van der Waals surface area contributed by atoms with E-state index in [1.165, 1.54) is 6.07 Å². The molecule has 0 saturated carbocycles. The van der Waals surface area contributed by atoms with E-state index < -0.39 is 22.9 Å².